The molecule has 2 aromatic carbocycles. The van der Waals surface area contributed by atoms with Crippen LogP contribution in [0.1, 0.15) is 24.4 Å². The Balaban J connectivity index is 1.61. The molecule has 2 amide bonds. The van der Waals surface area contributed by atoms with E-state index in [1.54, 1.807) is 12.4 Å². The Labute approximate surface area is 151 Å². The van der Waals surface area contributed by atoms with Gasteiger partial charge in [-0.3, -0.25) is 4.98 Å². The van der Waals surface area contributed by atoms with Crippen molar-refractivity contribution in [2.75, 3.05) is 11.9 Å². The van der Waals surface area contributed by atoms with E-state index in [2.05, 4.69) is 10.3 Å². The lowest BCUT2D eigenvalue weighted by Gasteiger charge is -2.26. The van der Waals surface area contributed by atoms with E-state index in [1.165, 1.54) is 0 Å². The minimum Gasteiger partial charge on any atom is -0.317 e. The number of rotatable bonds is 2. The number of nitrogens with zero attached hydrogens (tertiary/aromatic N) is 2. The summed E-state index contributed by atoms with van der Waals surface area (Å²) in [5.74, 6) is 0. The first kappa shape index (κ1) is 15.9. The predicted octanol–water partition coefficient (Wildman–Crippen LogP) is 5.26. The van der Waals surface area contributed by atoms with Gasteiger partial charge in [-0.25, -0.2) is 4.79 Å². The lowest BCUT2D eigenvalue weighted by molar-refractivity contribution is 0.207. The summed E-state index contributed by atoms with van der Waals surface area (Å²) in [4.78, 5) is 18.9. The molecule has 0 bridgehead atoms. The molecule has 5 heteroatoms. The molecular weight excluding hydrogens is 334 g/mol. The second-order valence-electron chi connectivity index (χ2n) is 6.21. The van der Waals surface area contributed by atoms with Gasteiger partial charge in [-0.2, -0.15) is 0 Å². The number of anilines is 1. The third-order valence-corrected chi connectivity index (χ3v) is 5.04. The predicted molar refractivity (Wildman–Crippen MR) is 101 cm³/mol. The van der Waals surface area contributed by atoms with Crippen LogP contribution in [0, 0.1) is 0 Å². The van der Waals surface area contributed by atoms with Gasteiger partial charge in [0.15, 0.2) is 0 Å². The van der Waals surface area contributed by atoms with Crippen molar-refractivity contribution in [3.63, 3.8) is 0 Å². The van der Waals surface area contributed by atoms with Gasteiger partial charge in [0.1, 0.15) is 0 Å². The summed E-state index contributed by atoms with van der Waals surface area (Å²) in [7, 11) is 0. The zero-order chi connectivity index (χ0) is 17.2. The largest absolute Gasteiger partial charge is 0.322 e. The van der Waals surface area contributed by atoms with E-state index in [4.69, 9.17) is 11.6 Å². The summed E-state index contributed by atoms with van der Waals surface area (Å²) in [6.45, 7) is 0.730. The SMILES string of the molecule is O=C(Nc1cccc2cnccc12)N1CCCC1c1ccccc1Cl. The summed E-state index contributed by atoms with van der Waals surface area (Å²) in [6, 6.07) is 15.4. The second-order valence-corrected chi connectivity index (χ2v) is 6.61. The molecule has 1 aliphatic heterocycles. The summed E-state index contributed by atoms with van der Waals surface area (Å²) < 4.78 is 0. The molecule has 0 saturated carbocycles. The van der Waals surface area contributed by atoms with Crippen LogP contribution in [0.3, 0.4) is 0 Å². The van der Waals surface area contributed by atoms with E-state index in [9.17, 15) is 4.79 Å². The Morgan fingerprint density at radius 3 is 2.92 bits per heavy atom. The van der Waals surface area contributed by atoms with Crippen LogP contribution in [-0.2, 0) is 0 Å². The minimum absolute atomic E-state index is 0.0188. The van der Waals surface area contributed by atoms with Crippen LogP contribution in [0.25, 0.3) is 10.8 Å². The van der Waals surface area contributed by atoms with Crippen molar-refractivity contribution in [3.8, 4) is 0 Å². The van der Waals surface area contributed by atoms with Crippen molar-refractivity contribution in [1.82, 2.24) is 9.88 Å². The summed E-state index contributed by atoms with van der Waals surface area (Å²) in [5.41, 5.74) is 1.81. The molecule has 1 atom stereocenters. The van der Waals surface area contributed by atoms with E-state index in [-0.39, 0.29) is 12.1 Å². The van der Waals surface area contributed by atoms with Crippen molar-refractivity contribution in [2.45, 2.75) is 18.9 Å². The third kappa shape index (κ3) is 3.05. The number of halogens is 1. The number of nitrogens with one attached hydrogen (secondary N) is 1. The van der Waals surface area contributed by atoms with E-state index in [0.717, 1.165) is 41.4 Å². The van der Waals surface area contributed by atoms with Crippen LogP contribution in [-0.4, -0.2) is 22.5 Å². The number of likely N-dealkylation sites (tertiary alicyclic amines) is 1. The van der Waals surface area contributed by atoms with Gasteiger partial charge in [-0.15, -0.1) is 0 Å². The Kier molecular flexibility index (Phi) is 4.28. The van der Waals surface area contributed by atoms with Gasteiger partial charge >= 0.3 is 6.03 Å². The Bertz CT molecular complexity index is 922. The first-order chi connectivity index (χ1) is 12.2. The maximum absolute atomic E-state index is 12.9. The molecular formula is C20H18ClN3O. The van der Waals surface area contributed by atoms with Gasteiger partial charge in [0, 0.05) is 34.7 Å². The fourth-order valence-corrected chi connectivity index (χ4v) is 3.76. The molecule has 0 aliphatic carbocycles. The maximum Gasteiger partial charge on any atom is 0.322 e. The molecule has 1 N–H and O–H groups in total. The number of carbonyl (C=O) groups is 1. The minimum atomic E-state index is -0.0910. The monoisotopic (exact) mass is 351 g/mol. The number of carbonyl (C=O) groups excluding carboxylic acids is 1. The number of hydrogen-bond acceptors (Lipinski definition) is 2. The fraction of sp³-hybridized carbons (Fsp3) is 0.200. The average Bonchev–Trinajstić information content (AvgIpc) is 3.12. The fourth-order valence-electron chi connectivity index (χ4n) is 3.50. The number of pyridine rings is 1. The van der Waals surface area contributed by atoms with Crippen LogP contribution in [0.4, 0.5) is 10.5 Å². The van der Waals surface area contributed by atoms with E-state index in [1.807, 2.05) is 53.4 Å². The van der Waals surface area contributed by atoms with Gasteiger partial charge in [-0.05, 0) is 36.6 Å². The van der Waals surface area contributed by atoms with Gasteiger partial charge in [0.05, 0.1) is 11.7 Å². The summed E-state index contributed by atoms with van der Waals surface area (Å²) >= 11 is 6.35. The normalized spacial score (nSPS) is 17.0. The highest BCUT2D eigenvalue weighted by Gasteiger charge is 2.31. The van der Waals surface area contributed by atoms with Gasteiger partial charge in [0.25, 0.3) is 0 Å². The van der Waals surface area contributed by atoms with Crippen LogP contribution in [0.2, 0.25) is 5.02 Å². The lowest BCUT2D eigenvalue weighted by Crippen LogP contribution is -2.34. The molecule has 4 rings (SSSR count). The molecule has 1 saturated heterocycles. The first-order valence-electron chi connectivity index (χ1n) is 8.39. The van der Waals surface area contributed by atoms with E-state index < -0.39 is 0 Å². The van der Waals surface area contributed by atoms with Crippen molar-refractivity contribution in [1.29, 1.82) is 0 Å². The zero-order valence-corrected chi connectivity index (χ0v) is 14.4. The Hall–Kier alpha value is -2.59. The molecule has 0 radical (unpaired) electrons. The summed E-state index contributed by atoms with van der Waals surface area (Å²) in [6.07, 6.45) is 5.44. The molecule has 1 aliphatic rings. The molecule has 25 heavy (non-hydrogen) atoms. The molecule has 1 aromatic heterocycles. The highest BCUT2D eigenvalue weighted by Crippen LogP contribution is 2.36. The quantitative estimate of drug-likeness (QED) is 0.684. The third-order valence-electron chi connectivity index (χ3n) is 4.70. The lowest BCUT2D eigenvalue weighted by atomic mass is 10.0. The first-order valence-corrected chi connectivity index (χ1v) is 8.76. The van der Waals surface area contributed by atoms with Crippen LogP contribution in [0.15, 0.2) is 60.9 Å². The van der Waals surface area contributed by atoms with Crippen LogP contribution >= 0.6 is 11.6 Å². The molecule has 0 spiro atoms. The van der Waals surface area contributed by atoms with Gasteiger partial charge < -0.3 is 10.2 Å². The van der Waals surface area contributed by atoms with Gasteiger partial charge in [0.2, 0.25) is 0 Å². The molecule has 1 unspecified atom stereocenters. The molecule has 2 heterocycles. The Morgan fingerprint density at radius 2 is 2.04 bits per heavy atom. The molecule has 1 fully saturated rings. The van der Waals surface area contributed by atoms with E-state index >= 15 is 0 Å². The average molecular weight is 352 g/mol. The maximum atomic E-state index is 12.9. The molecule has 126 valence electrons. The zero-order valence-electron chi connectivity index (χ0n) is 13.7. The topological polar surface area (TPSA) is 45.2 Å². The smallest absolute Gasteiger partial charge is 0.317 e. The van der Waals surface area contributed by atoms with Crippen molar-refractivity contribution in [3.05, 3.63) is 71.5 Å². The summed E-state index contributed by atoms with van der Waals surface area (Å²) in [5, 5.41) is 5.76. The Morgan fingerprint density at radius 1 is 1.16 bits per heavy atom. The number of benzene rings is 2. The van der Waals surface area contributed by atoms with Crippen molar-refractivity contribution in [2.24, 2.45) is 0 Å². The van der Waals surface area contributed by atoms with Crippen LogP contribution in [0.5, 0.6) is 0 Å². The van der Waals surface area contributed by atoms with Crippen molar-refractivity contribution < 1.29 is 4.79 Å². The highest BCUT2D eigenvalue weighted by molar-refractivity contribution is 6.31. The number of hydrogen-bond donors (Lipinski definition) is 1. The van der Waals surface area contributed by atoms with Crippen LogP contribution < -0.4 is 5.32 Å². The molecule has 4 nitrogen and oxygen atoms in total. The number of amides is 2. The van der Waals surface area contributed by atoms with Crippen molar-refractivity contribution >= 4 is 34.1 Å². The molecule has 3 aromatic rings. The highest BCUT2D eigenvalue weighted by atomic mass is 35.5. The standard InChI is InChI=1S/C20H18ClN3O/c21-17-7-2-1-6-16(17)19-9-4-12-24(19)20(25)23-18-8-3-5-14-13-22-11-10-15(14)18/h1-3,5-8,10-11,13,19H,4,9,12H2,(H,23,25). The number of aromatic nitrogens is 1. The second kappa shape index (κ2) is 6.73. The van der Waals surface area contributed by atoms with Gasteiger partial charge in [-0.1, -0.05) is 41.9 Å². The number of urea groups is 1. The number of fused-ring (bicyclic) bond motifs is 1. The van der Waals surface area contributed by atoms with E-state index in [0.29, 0.717) is 5.02 Å².